The summed E-state index contributed by atoms with van der Waals surface area (Å²) in [4.78, 5) is 13.7. The summed E-state index contributed by atoms with van der Waals surface area (Å²) in [6, 6.07) is 13.0. The van der Waals surface area contributed by atoms with E-state index in [4.69, 9.17) is 10.00 Å². The fraction of sp³-hybridized carbons (Fsp3) is 0.333. The lowest BCUT2D eigenvalue weighted by Crippen LogP contribution is -2.44. The Bertz CT molecular complexity index is 696. The van der Waals surface area contributed by atoms with Gasteiger partial charge < -0.3 is 10.1 Å². The zero-order valence-electron chi connectivity index (χ0n) is 12.7. The van der Waals surface area contributed by atoms with Crippen LogP contribution in [0.15, 0.2) is 41.8 Å². The normalized spacial score (nSPS) is 16.5. The third-order valence-corrected chi connectivity index (χ3v) is 5.47. The summed E-state index contributed by atoms with van der Waals surface area (Å²) in [5.41, 5.74) is 1.10. The van der Waals surface area contributed by atoms with Crippen molar-refractivity contribution in [1.82, 2.24) is 5.32 Å². The molecule has 1 fully saturated rings. The van der Waals surface area contributed by atoms with Crippen molar-refractivity contribution in [3.63, 3.8) is 0 Å². The van der Waals surface area contributed by atoms with Crippen molar-refractivity contribution in [2.45, 2.75) is 18.3 Å². The molecule has 1 saturated heterocycles. The third-order valence-electron chi connectivity index (χ3n) is 4.36. The van der Waals surface area contributed by atoms with Gasteiger partial charge in [0.1, 0.15) is 0 Å². The highest BCUT2D eigenvalue weighted by Crippen LogP contribution is 2.37. The Morgan fingerprint density at radius 3 is 2.61 bits per heavy atom. The van der Waals surface area contributed by atoms with Gasteiger partial charge in [-0.3, -0.25) is 4.79 Å². The second-order valence-corrected chi connectivity index (χ2v) is 6.69. The number of carbonyl (C=O) groups is 1. The second-order valence-electron chi connectivity index (χ2n) is 5.74. The molecule has 0 spiro atoms. The van der Waals surface area contributed by atoms with Gasteiger partial charge in [0.2, 0.25) is 0 Å². The van der Waals surface area contributed by atoms with Crippen LogP contribution < -0.4 is 5.32 Å². The van der Waals surface area contributed by atoms with Crippen molar-refractivity contribution < 1.29 is 9.53 Å². The lowest BCUT2D eigenvalue weighted by atomic mass is 9.78. The topological polar surface area (TPSA) is 62.1 Å². The Morgan fingerprint density at radius 2 is 2.00 bits per heavy atom. The molecule has 0 radical (unpaired) electrons. The Kier molecular flexibility index (Phi) is 4.75. The van der Waals surface area contributed by atoms with Crippen molar-refractivity contribution in [1.29, 1.82) is 5.26 Å². The molecular weight excluding hydrogens is 308 g/mol. The molecule has 0 atom stereocenters. The number of nitriles is 1. The SMILES string of the molecule is N#Cc1ccc(C(=O)NCC2(c3cccs3)CCOCC2)cc1. The van der Waals surface area contributed by atoms with Crippen molar-refractivity contribution >= 4 is 17.2 Å². The third kappa shape index (κ3) is 3.44. The Labute approximate surface area is 139 Å². The largest absolute Gasteiger partial charge is 0.381 e. The molecule has 3 rings (SSSR count). The van der Waals surface area contributed by atoms with E-state index in [0.29, 0.717) is 17.7 Å². The molecule has 2 heterocycles. The van der Waals surface area contributed by atoms with Crippen LogP contribution in [0.1, 0.15) is 33.6 Å². The van der Waals surface area contributed by atoms with E-state index in [1.165, 1.54) is 4.88 Å². The first kappa shape index (κ1) is 15.7. The van der Waals surface area contributed by atoms with E-state index in [2.05, 4.69) is 28.9 Å². The van der Waals surface area contributed by atoms with Crippen molar-refractivity contribution in [2.24, 2.45) is 0 Å². The molecule has 1 aliphatic heterocycles. The van der Waals surface area contributed by atoms with E-state index in [1.807, 2.05) is 0 Å². The maximum absolute atomic E-state index is 12.4. The molecule has 0 saturated carbocycles. The number of thiophene rings is 1. The Balaban J connectivity index is 1.71. The first-order valence-corrected chi connectivity index (χ1v) is 8.52. The second kappa shape index (κ2) is 6.95. The van der Waals surface area contributed by atoms with Crippen LogP contribution in [0.2, 0.25) is 0 Å². The maximum Gasteiger partial charge on any atom is 0.251 e. The van der Waals surface area contributed by atoms with Gasteiger partial charge in [0.15, 0.2) is 0 Å². The van der Waals surface area contributed by atoms with Gasteiger partial charge >= 0.3 is 0 Å². The standard InChI is InChI=1S/C18H18N2O2S/c19-12-14-3-5-15(6-4-14)17(21)20-13-18(7-9-22-10-8-18)16-2-1-11-23-16/h1-6,11H,7-10,13H2,(H,20,21). The van der Waals surface area contributed by atoms with Gasteiger partial charge in [0.05, 0.1) is 11.6 Å². The van der Waals surface area contributed by atoms with Gasteiger partial charge in [-0.25, -0.2) is 0 Å². The van der Waals surface area contributed by atoms with E-state index in [1.54, 1.807) is 35.6 Å². The molecule has 2 aromatic rings. The minimum atomic E-state index is -0.100. The van der Waals surface area contributed by atoms with Crippen molar-refractivity contribution in [3.05, 3.63) is 57.8 Å². The molecule has 0 bridgehead atoms. The molecule has 0 aliphatic carbocycles. The maximum atomic E-state index is 12.4. The monoisotopic (exact) mass is 326 g/mol. The molecule has 0 unspecified atom stereocenters. The lowest BCUT2D eigenvalue weighted by molar-refractivity contribution is 0.0499. The molecule has 23 heavy (non-hydrogen) atoms. The van der Waals surface area contributed by atoms with Gasteiger partial charge in [-0.2, -0.15) is 5.26 Å². The highest BCUT2D eigenvalue weighted by molar-refractivity contribution is 7.10. The van der Waals surface area contributed by atoms with Crippen LogP contribution in [0.5, 0.6) is 0 Å². The fourth-order valence-corrected chi connectivity index (χ4v) is 3.89. The molecule has 1 N–H and O–H groups in total. The van der Waals surface area contributed by atoms with E-state index < -0.39 is 0 Å². The summed E-state index contributed by atoms with van der Waals surface area (Å²) < 4.78 is 5.50. The Hall–Kier alpha value is -2.16. The zero-order chi connectivity index (χ0) is 16.1. The molecule has 1 aromatic carbocycles. The predicted molar refractivity (Wildman–Crippen MR) is 89.5 cm³/mol. The molecular formula is C18H18N2O2S. The smallest absolute Gasteiger partial charge is 0.251 e. The Morgan fingerprint density at radius 1 is 1.26 bits per heavy atom. The number of rotatable bonds is 4. The summed E-state index contributed by atoms with van der Waals surface area (Å²) in [6.45, 7) is 2.06. The first-order chi connectivity index (χ1) is 11.2. The summed E-state index contributed by atoms with van der Waals surface area (Å²) in [5.74, 6) is -0.100. The number of amides is 1. The molecule has 5 heteroatoms. The lowest BCUT2D eigenvalue weighted by Gasteiger charge is -2.36. The minimum Gasteiger partial charge on any atom is -0.381 e. The first-order valence-electron chi connectivity index (χ1n) is 7.64. The number of nitrogens with one attached hydrogen (secondary N) is 1. The molecule has 1 aromatic heterocycles. The fourth-order valence-electron chi connectivity index (χ4n) is 2.90. The van der Waals surface area contributed by atoms with Gasteiger partial charge in [-0.15, -0.1) is 11.3 Å². The van der Waals surface area contributed by atoms with Crippen LogP contribution >= 0.6 is 11.3 Å². The van der Waals surface area contributed by atoms with Crippen LogP contribution in [0.3, 0.4) is 0 Å². The van der Waals surface area contributed by atoms with Crippen LogP contribution in [-0.2, 0) is 10.2 Å². The average Bonchev–Trinajstić information content (AvgIpc) is 3.16. The number of nitrogens with zero attached hydrogens (tertiary/aromatic N) is 1. The highest BCUT2D eigenvalue weighted by atomic mass is 32.1. The van der Waals surface area contributed by atoms with Gasteiger partial charge in [0, 0.05) is 35.6 Å². The summed E-state index contributed by atoms with van der Waals surface area (Å²) in [6.07, 6.45) is 1.84. The van der Waals surface area contributed by atoms with Crippen molar-refractivity contribution in [2.75, 3.05) is 19.8 Å². The van der Waals surface area contributed by atoms with Gasteiger partial charge in [-0.05, 0) is 48.6 Å². The molecule has 118 valence electrons. The van der Waals surface area contributed by atoms with Crippen LogP contribution in [-0.4, -0.2) is 25.7 Å². The van der Waals surface area contributed by atoms with E-state index >= 15 is 0 Å². The number of benzene rings is 1. The van der Waals surface area contributed by atoms with Crippen molar-refractivity contribution in [3.8, 4) is 6.07 Å². The van der Waals surface area contributed by atoms with Gasteiger partial charge in [0.25, 0.3) is 5.91 Å². The quantitative estimate of drug-likeness (QED) is 0.939. The highest BCUT2D eigenvalue weighted by Gasteiger charge is 2.35. The minimum absolute atomic E-state index is 0.0331. The van der Waals surface area contributed by atoms with E-state index in [9.17, 15) is 4.79 Å². The van der Waals surface area contributed by atoms with E-state index in [-0.39, 0.29) is 11.3 Å². The van der Waals surface area contributed by atoms with Gasteiger partial charge in [-0.1, -0.05) is 6.07 Å². The summed E-state index contributed by atoms with van der Waals surface area (Å²) in [7, 11) is 0. The van der Waals surface area contributed by atoms with Crippen LogP contribution in [0.4, 0.5) is 0 Å². The van der Waals surface area contributed by atoms with Crippen LogP contribution in [0.25, 0.3) is 0 Å². The average molecular weight is 326 g/mol. The number of hydrogen-bond acceptors (Lipinski definition) is 4. The molecule has 1 amide bonds. The van der Waals surface area contributed by atoms with Crippen LogP contribution in [0, 0.1) is 11.3 Å². The summed E-state index contributed by atoms with van der Waals surface area (Å²) in [5, 5.41) is 14.0. The summed E-state index contributed by atoms with van der Waals surface area (Å²) >= 11 is 1.74. The number of hydrogen-bond donors (Lipinski definition) is 1. The zero-order valence-corrected chi connectivity index (χ0v) is 13.6. The molecule has 4 nitrogen and oxygen atoms in total. The number of carbonyl (C=O) groups excluding carboxylic acids is 1. The number of ether oxygens (including phenoxy) is 1. The van der Waals surface area contributed by atoms with E-state index in [0.717, 1.165) is 26.1 Å². The molecule has 1 aliphatic rings. The predicted octanol–water partition coefficient (Wildman–Crippen LogP) is 3.10.